The molecule has 4 nitrogen and oxygen atoms in total. The van der Waals surface area contributed by atoms with Crippen molar-refractivity contribution in [1.29, 1.82) is 0 Å². The van der Waals surface area contributed by atoms with Crippen molar-refractivity contribution >= 4 is 23.4 Å². The Morgan fingerprint density at radius 2 is 1.92 bits per heavy atom. The number of ketones is 1. The van der Waals surface area contributed by atoms with Gasteiger partial charge in [-0.3, -0.25) is 4.79 Å². The molecule has 0 saturated heterocycles. The van der Waals surface area contributed by atoms with Gasteiger partial charge in [0.05, 0.1) is 6.61 Å². The summed E-state index contributed by atoms with van der Waals surface area (Å²) in [6.45, 7) is 3.88. The highest BCUT2D eigenvalue weighted by Gasteiger charge is 2.24. The fourth-order valence-electron chi connectivity index (χ4n) is 0.623. The Morgan fingerprint density at radius 3 is 2.38 bits per heavy atom. The molecule has 13 heavy (non-hydrogen) atoms. The van der Waals surface area contributed by atoms with Crippen LogP contribution >= 0.6 is 11.6 Å². The van der Waals surface area contributed by atoms with Gasteiger partial charge in [-0.2, -0.15) is 0 Å². The van der Waals surface area contributed by atoms with Crippen LogP contribution in [0.4, 0.5) is 0 Å². The van der Waals surface area contributed by atoms with Crippen molar-refractivity contribution in [3.05, 3.63) is 0 Å². The second-order valence-electron chi connectivity index (χ2n) is 2.22. The van der Waals surface area contributed by atoms with E-state index in [1.165, 1.54) is 0 Å². The average molecular weight is 209 g/mol. The smallest absolute Gasteiger partial charge is 0.331 e. The van der Waals surface area contributed by atoms with E-state index in [0.29, 0.717) is 6.61 Å². The Morgan fingerprint density at radius 1 is 1.31 bits per heavy atom. The molecule has 1 unspecified atom stereocenters. The van der Waals surface area contributed by atoms with Crippen LogP contribution in [0.3, 0.4) is 0 Å². The van der Waals surface area contributed by atoms with Gasteiger partial charge in [-0.15, -0.1) is 11.6 Å². The number of halogens is 1. The lowest BCUT2D eigenvalue weighted by Crippen LogP contribution is -2.29. The molecule has 0 N–H and O–H groups in total. The fraction of sp³-hybridized carbons (Fsp3) is 0.750. The van der Waals surface area contributed by atoms with Crippen LogP contribution in [0.1, 0.15) is 13.8 Å². The maximum Gasteiger partial charge on any atom is 0.331 e. The van der Waals surface area contributed by atoms with Gasteiger partial charge in [0.1, 0.15) is 6.61 Å². The average Bonchev–Trinajstić information content (AvgIpc) is 2.13. The first-order valence-electron chi connectivity index (χ1n) is 4.04. The van der Waals surface area contributed by atoms with E-state index in [2.05, 4.69) is 4.74 Å². The summed E-state index contributed by atoms with van der Waals surface area (Å²) >= 11 is 5.49. The summed E-state index contributed by atoms with van der Waals surface area (Å²) in [5.74, 6) is -1.18. The van der Waals surface area contributed by atoms with Gasteiger partial charge < -0.3 is 9.47 Å². The summed E-state index contributed by atoms with van der Waals surface area (Å²) in [5.41, 5.74) is 0. The molecule has 0 aliphatic rings. The van der Waals surface area contributed by atoms with E-state index < -0.39 is 17.1 Å². The highest BCUT2D eigenvalue weighted by molar-refractivity contribution is 6.41. The largest absolute Gasteiger partial charge is 0.465 e. The molecule has 0 aromatic rings. The molecule has 0 bridgehead atoms. The van der Waals surface area contributed by atoms with Crippen molar-refractivity contribution < 1.29 is 19.1 Å². The van der Waals surface area contributed by atoms with Crippen molar-refractivity contribution in [2.24, 2.45) is 0 Å². The first kappa shape index (κ1) is 12.4. The van der Waals surface area contributed by atoms with Crippen LogP contribution in [0.15, 0.2) is 0 Å². The molecule has 0 spiro atoms. The first-order chi connectivity index (χ1) is 6.13. The van der Waals surface area contributed by atoms with Gasteiger partial charge in [0.15, 0.2) is 11.2 Å². The molecule has 0 fully saturated rings. The number of hydrogen-bond acceptors (Lipinski definition) is 4. The van der Waals surface area contributed by atoms with Crippen molar-refractivity contribution in [3.8, 4) is 0 Å². The number of carbonyl (C=O) groups excluding carboxylic acids is 2. The van der Waals surface area contributed by atoms with E-state index in [1.807, 2.05) is 0 Å². The van der Waals surface area contributed by atoms with Gasteiger partial charge in [-0.1, -0.05) is 0 Å². The van der Waals surface area contributed by atoms with E-state index in [1.54, 1.807) is 13.8 Å². The quantitative estimate of drug-likeness (QED) is 0.368. The molecular formula is C8H13ClO4. The van der Waals surface area contributed by atoms with Gasteiger partial charge in [-0.05, 0) is 13.8 Å². The maximum atomic E-state index is 11.1. The number of esters is 1. The highest BCUT2D eigenvalue weighted by Crippen LogP contribution is 2.01. The summed E-state index contributed by atoms with van der Waals surface area (Å²) in [5, 5.41) is -1.24. The molecule has 0 aliphatic carbocycles. The fourth-order valence-corrected chi connectivity index (χ4v) is 0.749. The number of alkyl halides is 1. The van der Waals surface area contributed by atoms with Crippen molar-refractivity contribution in [3.63, 3.8) is 0 Å². The van der Waals surface area contributed by atoms with Crippen molar-refractivity contribution in [2.45, 2.75) is 19.2 Å². The zero-order valence-electron chi connectivity index (χ0n) is 7.71. The van der Waals surface area contributed by atoms with Gasteiger partial charge in [0.25, 0.3) is 0 Å². The first-order valence-corrected chi connectivity index (χ1v) is 4.48. The summed E-state index contributed by atoms with van der Waals surface area (Å²) in [7, 11) is 0. The minimum atomic E-state index is -1.24. The standard InChI is InChI=1S/C8H13ClO4/c1-3-12-5-6(10)7(9)8(11)13-4-2/h7H,3-5H2,1-2H3. The van der Waals surface area contributed by atoms with Crippen LogP contribution in [0, 0.1) is 0 Å². The lowest BCUT2D eigenvalue weighted by molar-refractivity contribution is -0.145. The number of carbonyl (C=O) groups is 2. The zero-order chi connectivity index (χ0) is 10.3. The molecule has 0 radical (unpaired) electrons. The molecule has 0 aromatic heterocycles. The Balaban J connectivity index is 3.87. The van der Waals surface area contributed by atoms with Crippen LogP contribution in [-0.2, 0) is 19.1 Å². The van der Waals surface area contributed by atoms with Crippen molar-refractivity contribution in [2.75, 3.05) is 19.8 Å². The molecule has 0 heterocycles. The van der Waals surface area contributed by atoms with E-state index in [0.717, 1.165) is 0 Å². The topological polar surface area (TPSA) is 52.6 Å². The van der Waals surface area contributed by atoms with Crippen LogP contribution in [-0.4, -0.2) is 37.0 Å². The minimum absolute atomic E-state index is 0.149. The normalized spacial score (nSPS) is 12.2. The third-order valence-corrected chi connectivity index (χ3v) is 1.65. The lowest BCUT2D eigenvalue weighted by Gasteiger charge is -2.07. The Labute approximate surface area is 82.1 Å². The molecule has 0 saturated carbocycles. The summed E-state index contributed by atoms with van der Waals surface area (Å²) < 4.78 is 9.36. The van der Waals surface area contributed by atoms with Crippen LogP contribution in [0.25, 0.3) is 0 Å². The number of Topliss-reactive ketones (excluding diaryl/α,β-unsaturated/α-hetero) is 1. The van der Waals surface area contributed by atoms with Gasteiger partial charge in [-0.25, -0.2) is 4.79 Å². The van der Waals surface area contributed by atoms with Crippen molar-refractivity contribution in [1.82, 2.24) is 0 Å². The number of ether oxygens (including phenoxy) is 2. The van der Waals surface area contributed by atoms with E-state index >= 15 is 0 Å². The van der Waals surface area contributed by atoms with Crippen LogP contribution < -0.4 is 0 Å². The second-order valence-corrected chi connectivity index (χ2v) is 2.65. The molecule has 1 atom stereocenters. The maximum absolute atomic E-state index is 11.1. The van der Waals surface area contributed by atoms with Crippen LogP contribution in [0.5, 0.6) is 0 Å². The van der Waals surface area contributed by atoms with E-state index in [-0.39, 0.29) is 13.2 Å². The monoisotopic (exact) mass is 208 g/mol. The summed E-state index contributed by atoms with van der Waals surface area (Å²) in [6, 6.07) is 0. The Kier molecular flexibility index (Phi) is 6.54. The molecule has 0 amide bonds. The zero-order valence-corrected chi connectivity index (χ0v) is 8.47. The highest BCUT2D eigenvalue weighted by atomic mass is 35.5. The molecule has 0 rings (SSSR count). The van der Waals surface area contributed by atoms with E-state index in [4.69, 9.17) is 16.3 Å². The molecule has 0 aliphatic heterocycles. The minimum Gasteiger partial charge on any atom is -0.465 e. The van der Waals surface area contributed by atoms with Gasteiger partial charge in [0, 0.05) is 6.61 Å². The molecule has 76 valence electrons. The number of hydrogen-bond donors (Lipinski definition) is 0. The molecule has 5 heteroatoms. The SMILES string of the molecule is CCOCC(=O)C(Cl)C(=O)OCC. The van der Waals surface area contributed by atoms with Crippen LogP contribution in [0.2, 0.25) is 0 Å². The second kappa shape index (κ2) is 6.86. The van der Waals surface area contributed by atoms with E-state index in [9.17, 15) is 9.59 Å². The predicted octanol–water partition coefficient (Wildman–Crippen LogP) is 0.762. The Bertz CT molecular complexity index is 181. The third-order valence-electron chi connectivity index (χ3n) is 1.22. The molecule has 0 aromatic carbocycles. The van der Waals surface area contributed by atoms with Gasteiger partial charge >= 0.3 is 5.97 Å². The Hall–Kier alpha value is -0.610. The third kappa shape index (κ3) is 4.85. The summed E-state index contributed by atoms with van der Waals surface area (Å²) in [4.78, 5) is 22.0. The predicted molar refractivity (Wildman–Crippen MR) is 47.8 cm³/mol. The van der Waals surface area contributed by atoms with Gasteiger partial charge in [0.2, 0.25) is 0 Å². The molecular weight excluding hydrogens is 196 g/mol. The number of rotatable bonds is 6. The lowest BCUT2D eigenvalue weighted by atomic mass is 10.3. The summed E-state index contributed by atoms with van der Waals surface area (Å²) in [6.07, 6.45) is 0.